The van der Waals surface area contributed by atoms with Gasteiger partial charge in [0.25, 0.3) is 0 Å². The van der Waals surface area contributed by atoms with E-state index in [0.29, 0.717) is 5.82 Å². The van der Waals surface area contributed by atoms with Gasteiger partial charge in [0.15, 0.2) is 5.82 Å². The summed E-state index contributed by atoms with van der Waals surface area (Å²) >= 11 is 0. The average Bonchev–Trinajstić information content (AvgIpc) is 2.54. The molecule has 6 heteroatoms. The first-order valence-electron chi connectivity index (χ1n) is 3.31. The van der Waals surface area contributed by atoms with Crippen LogP contribution in [-0.4, -0.2) is 25.4 Å². The topological polar surface area (TPSA) is 93.4 Å². The Morgan fingerprint density at radius 2 is 2.25 bits per heavy atom. The molecule has 12 heavy (non-hydrogen) atoms. The number of nitrogen functional groups attached to an aromatic ring is 1. The van der Waals surface area contributed by atoms with Gasteiger partial charge in [-0.05, 0) is 6.07 Å². The maximum absolute atomic E-state index is 5.33. The molecule has 0 aromatic carbocycles. The van der Waals surface area contributed by atoms with E-state index in [0.717, 1.165) is 5.56 Å². The van der Waals surface area contributed by atoms with E-state index in [1.807, 2.05) is 0 Å². The number of nitrogens with zero attached hydrogens (tertiary/aromatic N) is 4. The number of aromatic amines is 1. The summed E-state index contributed by atoms with van der Waals surface area (Å²) in [6.45, 7) is 0. The summed E-state index contributed by atoms with van der Waals surface area (Å²) in [5, 5.41) is 13.7. The molecule has 0 amide bonds. The van der Waals surface area contributed by atoms with Crippen LogP contribution in [0.15, 0.2) is 18.5 Å². The van der Waals surface area contributed by atoms with Gasteiger partial charge in [0.2, 0.25) is 5.95 Å². The van der Waals surface area contributed by atoms with Crippen LogP contribution >= 0.6 is 0 Å². The Labute approximate surface area is 67.9 Å². The molecule has 3 N–H and O–H groups in total. The third-order valence-electron chi connectivity index (χ3n) is 1.36. The van der Waals surface area contributed by atoms with E-state index in [1.54, 1.807) is 18.5 Å². The summed E-state index contributed by atoms with van der Waals surface area (Å²) in [6, 6.07) is 1.77. The molecule has 0 unspecified atom stereocenters. The molecule has 2 aromatic heterocycles. The molecule has 2 heterocycles. The molecule has 0 aliphatic heterocycles. The van der Waals surface area contributed by atoms with E-state index >= 15 is 0 Å². The summed E-state index contributed by atoms with van der Waals surface area (Å²) in [6.07, 6.45) is 3.16. The molecule has 0 saturated heterocycles. The molecule has 0 saturated carbocycles. The third kappa shape index (κ3) is 1.09. The van der Waals surface area contributed by atoms with Crippen molar-refractivity contribution in [2.75, 3.05) is 5.73 Å². The second-order valence-electron chi connectivity index (χ2n) is 2.17. The fourth-order valence-electron chi connectivity index (χ4n) is 0.835. The van der Waals surface area contributed by atoms with Gasteiger partial charge in [0.05, 0.1) is 12.4 Å². The highest BCUT2D eigenvalue weighted by Crippen LogP contribution is 2.11. The van der Waals surface area contributed by atoms with Gasteiger partial charge in [-0.25, -0.2) is 0 Å². The number of nitrogens with one attached hydrogen (secondary N) is 1. The Morgan fingerprint density at radius 3 is 2.83 bits per heavy atom. The summed E-state index contributed by atoms with van der Waals surface area (Å²) in [4.78, 5) is 3.92. The zero-order valence-corrected chi connectivity index (χ0v) is 6.10. The second kappa shape index (κ2) is 2.57. The summed E-state index contributed by atoms with van der Waals surface area (Å²) < 4.78 is 0. The first-order valence-corrected chi connectivity index (χ1v) is 3.31. The molecule has 6 nitrogen and oxygen atoms in total. The lowest BCUT2D eigenvalue weighted by atomic mass is 10.3. The molecular weight excluding hydrogens is 156 g/mol. The lowest BCUT2D eigenvalue weighted by molar-refractivity contribution is 1.02. The minimum atomic E-state index is 0.224. The summed E-state index contributed by atoms with van der Waals surface area (Å²) in [7, 11) is 0. The normalized spacial score (nSPS) is 10.0. The van der Waals surface area contributed by atoms with Crippen LogP contribution < -0.4 is 5.73 Å². The van der Waals surface area contributed by atoms with Crippen LogP contribution in [0, 0.1) is 0 Å². The lowest BCUT2D eigenvalue weighted by Gasteiger charge is -1.90. The van der Waals surface area contributed by atoms with Crippen molar-refractivity contribution < 1.29 is 0 Å². The Bertz CT molecular complexity index is 367. The van der Waals surface area contributed by atoms with Crippen LogP contribution in [0.3, 0.4) is 0 Å². The third-order valence-corrected chi connectivity index (χ3v) is 1.36. The quantitative estimate of drug-likeness (QED) is 0.607. The van der Waals surface area contributed by atoms with Gasteiger partial charge in [-0.3, -0.25) is 5.10 Å². The smallest absolute Gasteiger partial charge is 0.239 e. The first kappa shape index (κ1) is 6.71. The van der Waals surface area contributed by atoms with Crippen molar-refractivity contribution in [1.82, 2.24) is 25.4 Å². The zero-order valence-electron chi connectivity index (χ0n) is 6.10. The summed E-state index contributed by atoms with van der Waals surface area (Å²) in [5.74, 6) is 0.823. The highest BCUT2D eigenvalue weighted by atomic mass is 15.3. The molecule has 0 spiro atoms. The standard InChI is InChI=1S/C6H6N6/c7-6-10-5(11-12-6)4-1-2-8-9-3-4/h1-3H,(H3,7,10,11,12). The maximum atomic E-state index is 5.33. The van der Waals surface area contributed by atoms with Gasteiger partial charge >= 0.3 is 0 Å². The van der Waals surface area contributed by atoms with Crippen molar-refractivity contribution in [3.63, 3.8) is 0 Å². The lowest BCUT2D eigenvalue weighted by Crippen LogP contribution is -1.86. The number of hydrogen-bond acceptors (Lipinski definition) is 5. The number of hydrogen-bond donors (Lipinski definition) is 2. The molecule has 0 radical (unpaired) electrons. The van der Waals surface area contributed by atoms with E-state index < -0.39 is 0 Å². The number of H-pyrrole nitrogens is 1. The van der Waals surface area contributed by atoms with Gasteiger partial charge in [-0.15, -0.1) is 5.10 Å². The fraction of sp³-hybridized carbons (Fsp3) is 0. The predicted octanol–water partition coefficient (Wildman–Crippen LogP) is -0.156. The van der Waals surface area contributed by atoms with Crippen LogP contribution in [0.2, 0.25) is 0 Å². The van der Waals surface area contributed by atoms with Gasteiger partial charge in [0.1, 0.15) is 0 Å². The Hall–Kier alpha value is -1.98. The van der Waals surface area contributed by atoms with E-state index in [4.69, 9.17) is 5.73 Å². The largest absolute Gasteiger partial charge is 0.366 e. The Morgan fingerprint density at radius 1 is 1.33 bits per heavy atom. The van der Waals surface area contributed by atoms with Crippen molar-refractivity contribution in [2.24, 2.45) is 0 Å². The monoisotopic (exact) mass is 162 g/mol. The van der Waals surface area contributed by atoms with E-state index in [1.165, 1.54) is 0 Å². The van der Waals surface area contributed by atoms with E-state index in [-0.39, 0.29) is 5.95 Å². The number of anilines is 1. The second-order valence-corrected chi connectivity index (χ2v) is 2.17. The van der Waals surface area contributed by atoms with Crippen LogP contribution in [0.1, 0.15) is 0 Å². The molecule has 0 aliphatic carbocycles. The van der Waals surface area contributed by atoms with Crippen LogP contribution in [0.25, 0.3) is 11.4 Å². The number of nitrogens with two attached hydrogens (primary N) is 1. The van der Waals surface area contributed by atoms with Crippen LogP contribution in [0.5, 0.6) is 0 Å². The Kier molecular flexibility index (Phi) is 1.44. The van der Waals surface area contributed by atoms with Crippen LogP contribution in [-0.2, 0) is 0 Å². The maximum Gasteiger partial charge on any atom is 0.239 e. The molecule has 0 fully saturated rings. The zero-order chi connectivity index (χ0) is 8.39. The van der Waals surface area contributed by atoms with Crippen molar-refractivity contribution in [3.05, 3.63) is 18.5 Å². The first-order chi connectivity index (χ1) is 5.86. The highest BCUT2D eigenvalue weighted by Gasteiger charge is 2.01. The summed E-state index contributed by atoms with van der Waals surface area (Å²) in [5.41, 5.74) is 6.14. The van der Waals surface area contributed by atoms with Gasteiger partial charge < -0.3 is 5.73 Å². The predicted molar refractivity (Wildman–Crippen MR) is 41.8 cm³/mol. The van der Waals surface area contributed by atoms with Crippen molar-refractivity contribution >= 4 is 5.95 Å². The van der Waals surface area contributed by atoms with Gasteiger partial charge in [-0.2, -0.15) is 15.2 Å². The average molecular weight is 162 g/mol. The molecule has 0 aliphatic rings. The molecule has 2 rings (SSSR count). The van der Waals surface area contributed by atoms with Crippen LogP contribution in [0.4, 0.5) is 5.95 Å². The van der Waals surface area contributed by atoms with Gasteiger partial charge in [-0.1, -0.05) is 0 Å². The molecule has 60 valence electrons. The number of aromatic nitrogens is 5. The minimum absolute atomic E-state index is 0.224. The number of rotatable bonds is 1. The SMILES string of the molecule is Nc1n[nH]c(-c2ccnnc2)n1. The van der Waals surface area contributed by atoms with Crippen molar-refractivity contribution in [2.45, 2.75) is 0 Å². The fourth-order valence-corrected chi connectivity index (χ4v) is 0.835. The minimum Gasteiger partial charge on any atom is -0.366 e. The van der Waals surface area contributed by atoms with Crippen molar-refractivity contribution in [1.29, 1.82) is 0 Å². The highest BCUT2D eigenvalue weighted by molar-refractivity contribution is 5.53. The Balaban J connectivity index is 2.45. The van der Waals surface area contributed by atoms with E-state index in [2.05, 4.69) is 25.4 Å². The van der Waals surface area contributed by atoms with Crippen molar-refractivity contribution in [3.8, 4) is 11.4 Å². The molecule has 0 bridgehead atoms. The molecule has 0 atom stereocenters. The van der Waals surface area contributed by atoms with Gasteiger partial charge in [0, 0.05) is 5.56 Å². The molecule has 2 aromatic rings. The van der Waals surface area contributed by atoms with E-state index in [9.17, 15) is 0 Å². The molecular formula is C6H6N6.